The van der Waals surface area contributed by atoms with Gasteiger partial charge in [-0.2, -0.15) is 11.8 Å². The molecule has 3 nitrogen and oxygen atoms in total. The first-order valence-electron chi connectivity index (χ1n) is 7.23. The summed E-state index contributed by atoms with van der Waals surface area (Å²) in [5.74, 6) is 1.60. The summed E-state index contributed by atoms with van der Waals surface area (Å²) >= 11 is 1.90. The molecule has 0 amide bonds. The lowest BCUT2D eigenvalue weighted by Crippen LogP contribution is -2.53. The summed E-state index contributed by atoms with van der Waals surface area (Å²) < 4.78 is 0. The normalized spacial score (nSPS) is 25.8. The van der Waals surface area contributed by atoms with Crippen LogP contribution in [-0.4, -0.2) is 29.4 Å². The van der Waals surface area contributed by atoms with Crippen LogP contribution in [0.15, 0.2) is 30.3 Å². The Morgan fingerprint density at radius 1 is 1.45 bits per heavy atom. The summed E-state index contributed by atoms with van der Waals surface area (Å²) in [7, 11) is 1.78. The number of hydrogen-bond acceptors (Lipinski definition) is 3. The zero-order chi connectivity index (χ0) is 14.4. The lowest BCUT2D eigenvalue weighted by molar-refractivity contribution is -0.146. The largest absolute Gasteiger partial charge is 0.480 e. The van der Waals surface area contributed by atoms with Crippen LogP contribution in [0.25, 0.3) is 0 Å². The first kappa shape index (κ1) is 15.4. The average Bonchev–Trinajstić information content (AvgIpc) is 2.89. The van der Waals surface area contributed by atoms with Gasteiger partial charge in [-0.25, -0.2) is 0 Å². The number of benzene rings is 1. The second-order valence-corrected chi connectivity index (χ2v) is 6.55. The predicted molar refractivity (Wildman–Crippen MR) is 84.0 cm³/mol. The van der Waals surface area contributed by atoms with Crippen molar-refractivity contribution in [2.24, 2.45) is 5.92 Å². The molecule has 1 saturated carbocycles. The molecule has 2 rings (SSSR count). The number of aliphatic carboxylic acids is 1. The van der Waals surface area contributed by atoms with Crippen LogP contribution in [0.4, 0.5) is 0 Å². The molecule has 20 heavy (non-hydrogen) atoms. The van der Waals surface area contributed by atoms with E-state index in [-0.39, 0.29) is 5.92 Å². The number of thioether (sulfide) groups is 1. The Morgan fingerprint density at radius 3 is 2.85 bits per heavy atom. The molecule has 0 aromatic heterocycles. The fourth-order valence-electron chi connectivity index (χ4n) is 3.18. The predicted octanol–water partition coefficient (Wildman–Crippen LogP) is 3.15. The van der Waals surface area contributed by atoms with Crippen molar-refractivity contribution in [2.75, 3.05) is 12.8 Å². The van der Waals surface area contributed by atoms with Gasteiger partial charge >= 0.3 is 5.97 Å². The fraction of sp³-hybridized carbons (Fsp3) is 0.562. The monoisotopic (exact) mass is 293 g/mol. The van der Waals surface area contributed by atoms with Gasteiger partial charge < -0.3 is 10.4 Å². The summed E-state index contributed by atoms with van der Waals surface area (Å²) in [6, 6.07) is 10.4. The van der Waals surface area contributed by atoms with E-state index in [1.54, 1.807) is 7.05 Å². The highest BCUT2D eigenvalue weighted by Crippen LogP contribution is 2.38. The Balaban J connectivity index is 1.80. The molecule has 0 heterocycles. The Bertz CT molecular complexity index is 437. The molecule has 4 heteroatoms. The van der Waals surface area contributed by atoms with Gasteiger partial charge in [-0.05, 0) is 43.5 Å². The molecule has 2 atom stereocenters. The van der Waals surface area contributed by atoms with E-state index in [4.69, 9.17) is 0 Å². The van der Waals surface area contributed by atoms with E-state index in [2.05, 4.69) is 29.6 Å². The van der Waals surface area contributed by atoms with Gasteiger partial charge in [0.25, 0.3) is 0 Å². The Kier molecular flexibility index (Phi) is 5.49. The van der Waals surface area contributed by atoms with Crippen molar-refractivity contribution in [3.05, 3.63) is 35.9 Å². The second kappa shape index (κ2) is 7.14. The highest BCUT2D eigenvalue weighted by molar-refractivity contribution is 7.98. The Hall–Kier alpha value is -1.00. The van der Waals surface area contributed by atoms with Crippen LogP contribution in [0.1, 0.15) is 31.2 Å². The third-order valence-electron chi connectivity index (χ3n) is 4.37. The molecule has 0 radical (unpaired) electrons. The molecule has 0 spiro atoms. The quantitative estimate of drug-likeness (QED) is 0.758. The molecule has 1 aromatic rings. The molecule has 0 bridgehead atoms. The number of carbonyl (C=O) groups is 1. The van der Waals surface area contributed by atoms with Crippen LogP contribution in [0, 0.1) is 5.92 Å². The molecule has 2 N–H and O–H groups in total. The van der Waals surface area contributed by atoms with Gasteiger partial charge in [0, 0.05) is 5.75 Å². The maximum atomic E-state index is 11.5. The van der Waals surface area contributed by atoms with Crippen molar-refractivity contribution in [3.63, 3.8) is 0 Å². The van der Waals surface area contributed by atoms with Crippen LogP contribution in [-0.2, 0) is 10.5 Å². The van der Waals surface area contributed by atoms with Crippen LogP contribution in [0.3, 0.4) is 0 Å². The number of carboxylic acids is 1. The standard InChI is InChI=1S/C16H23NO2S/c1-17-16(15(18)19)10-5-8-14(16)9-11-20-12-13-6-3-2-4-7-13/h2-4,6-7,14,17H,5,8-12H2,1H3,(H,18,19). The van der Waals surface area contributed by atoms with E-state index >= 15 is 0 Å². The van der Waals surface area contributed by atoms with Crippen LogP contribution < -0.4 is 5.32 Å². The van der Waals surface area contributed by atoms with Gasteiger partial charge in [0.05, 0.1) is 0 Å². The smallest absolute Gasteiger partial charge is 0.324 e. The number of nitrogens with one attached hydrogen (secondary N) is 1. The molecule has 110 valence electrons. The Morgan fingerprint density at radius 2 is 2.20 bits per heavy atom. The van der Waals surface area contributed by atoms with Crippen LogP contribution in [0.2, 0.25) is 0 Å². The molecular formula is C16H23NO2S. The minimum atomic E-state index is -0.687. The van der Waals surface area contributed by atoms with Crippen LogP contribution >= 0.6 is 11.8 Å². The molecule has 2 unspecified atom stereocenters. The van der Waals surface area contributed by atoms with E-state index in [9.17, 15) is 9.90 Å². The van der Waals surface area contributed by atoms with Crippen molar-refractivity contribution in [2.45, 2.75) is 37.0 Å². The van der Waals surface area contributed by atoms with Gasteiger partial charge in [0.2, 0.25) is 0 Å². The lowest BCUT2D eigenvalue weighted by Gasteiger charge is -2.31. The number of rotatable bonds is 7. The Labute approximate surface area is 125 Å². The highest BCUT2D eigenvalue weighted by atomic mass is 32.2. The summed E-state index contributed by atoms with van der Waals surface area (Å²) in [6.07, 6.45) is 3.78. The molecule has 1 fully saturated rings. The molecule has 1 aromatic carbocycles. The zero-order valence-corrected chi connectivity index (χ0v) is 12.8. The van der Waals surface area contributed by atoms with Crippen molar-refractivity contribution < 1.29 is 9.90 Å². The van der Waals surface area contributed by atoms with E-state index in [1.807, 2.05) is 17.8 Å². The molecule has 0 saturated heterocycles. The third-order valence-corrected chi connectivity index (χ3v) is 5.43. The average molecular weight is 293 g/mol. The van der Waals surface area contributed by atoms with Gasteiger partial charge in [0.1, 0.15) is 5.54 Å². The zero-order valence-electron chi connectivity index (χ0n) is 12.0. The van der Waals surface area contributed by atoms with Gasteiger partial charge in [-0.15, -0.1) is 0 Å². The van der Waals surface area contributed by atoms with Gasteiger partial charge in [-0.1, -0.05) is 36.8 Å². The maximum Gasteiger partial charge on any atom is 0.324 e. The number of carboxylic acid groups (broad SMARTS) is 1. The van der Waals surface area contributed by atoms with E-state index < -0.39 is 11.5 Å². The maximum absolute atomic E-state index is 11.5. The van der Waals surface area contributed by atoms with Crippen molar-refractivity contribution >= 4 is 17.7 Å². The summed E-state index contributed by atoms with van der Waals surface area (Å²) in [6.45, 7) is 0. The molecule has 0 aliphatic heterocycles. The van der Waals surface area contributed by atoms with Crippen molar-refractivity contribution in [1.82, 2.24) is 5.32 Å². The van der Waals surface area contributed by atoms with Crippen LogP contribution in [0.5, 0.6) is 0 Å². The van der Waals surface area contributed by atoms with E-state index in [0.29, 0.717) is 0 Å². The number of likely N-dealkylation sites (N-methyl/N-ethyl adjacent to an activating group) is 1. The summed E-state index contributed by atoms with van der Waals surface area (Å²) in [4.78, 5) is 11.5. The first-order chi connectivity index (χ1) is 9.69. The lowest BCUT2D eigenvalue weighted by atomic mass is 9.85. The minimum absolute atomic E-state index is 0.258. The summed E-state index contributed by atoms with van der Waals surface area (Å²) in [5.41, 5.74) is 0.648. The highest BCUT2D eigenvalue weighted by Gasteiger charge is 2.47. The SMILES string of the molecule is CNC1(C(=O)O)CCCC1CCSCc1ccccc1. The van der Waals surface area contributed by atoms with E-state index in [1.165, 1.54) is 5.56 Å². The van der Waals surface area contributed by atoms with Gasteiger partial charge in [-0.3, -0.25) is 4.79 Å². The topological polar surface area (TPSA) is 49.3 Å². The van der Waals surface area contributed by atoms with Gasteiger partial charge in [0.15, 0.2) is 0 Å². The van der Waals surface area contributed by atoms with E-state index in [0.717, 1.165) is 37.2 Å². The molecular weight excluding hydrogens is 270 g/mol. The number of hydrogen-bond donors (Lipinski definition) is 2. The second-order valence-electron chi connectivity index (χ2n) is 5.44. The van der Waals surface area contributed by atoms with Crippen molar-refractivity contribution in [3.8, 4) is 0 Å². The molecule has 1 aliphatic carbocycles. The first-order valence-corrected chi connectivity index (χ1v) is 8.38. The summed E-state index contributed by atoms with van der Waals surface area (Å²) in [5, 5.41) is 12.6. The fourth-order valence-corrected chi connectivity index (χ4v) is 4.20. The third kappa shape index (κ3) is 3.36. The minimum Gasteiger partial charge on any atom is -0.480 e. The van der Waals surface area contributed by atoms with Crippen molar-refractivity contribution in [1.29, 1.82) is 0 Å². The molecule has 1 aliphatic rings.